The lowest BCUT2D eigenvalue weighted by Gasteiger charge is -2.32. The number of rotatable bonds is 2. The van der Waals surface area contributed by atoms with E-state index in [-0.39, 0.29) is 11.9 Å². The minimum atomic E-state index is -4.30. The minimum absolute atomic E-state index is 0.0676. The molecule has 0 aliphatic carbocycles. The van der Waals surface area contributed by atoms with E-state index in [4.69, 9.17) is 0 Å². The smallest absolute Gasteiger partial charge is 0.382 e. The molecule has 1 aromatic rings. The van der Waals surface area contributed by atoms with E-state index in [1.54, 1.807) is 11.8 Å². The van der Waals surface area contributed by atoms with Crippen LogP contribution in [0.3, 0.4) is 0 Å². The van der Waals surface area contributed by atoms with Gasteiger partial charge in [0.2, 0.25) is 5.91 Å². The summed E-state index contributed by atoms with van der Waals surface area (Å²) in [7, 11) is 0. The molecule has 1 N–H and O–H groups in total. The highest BCUT2D eigenvalue weighted by Gasteiger charge is 2.30. The zero-order valence-corrected chi connectivity index (χ0v) is 11.2. The number of nitrogens with zero attached hydrogens (tertiary/aromatic N) is 1. The van der Waals surface area contributed by atoms with Crippen LogP contribution in [0.15, 0.2) is 24.3 Å². The van der Waals surface area contributed by atoms with Gasteiger partial charge in [0.15, 0.2) is 0 Å². The van der Waals surface area contributed by atoms with Gasteiger partial charge in [0, 0.05) is 31.7 Å². The molecule has 0 atom stereocenters. The molecule has 0 saturated carbocycles. The number of hydrogen-bond donors (Lipinski definition) is 1. The number of carbonyl (C=O) groups is 1. The van der Waals surface area contributed by atoms with Crippen molar-refractivity contribution in [3.05, 3.63) is 29.8 Å². The Labute approximate surface area is 115 Å². The molecule has 20 heavy (non-hydrogen) atoms. The molecule has 0 bridgehead atoms. The van der Waals surface area contributed by atoms with Crippen molar-refractivity contribution in [1.29, 1.82) is 0 Å². The van der Waals surface area contributed by atoms with Crippen LogP contribution >= 0.6 is 0 Å². The lowest BCUT2D eigenvalue weighted by Crippen LogP contribution is -2.41. The lowest BCUT2D eigenvalue weighted by atomic mass is 10.0. The Bertz CT molecular complexity index is 462. The van der Waals surface area contributed by atoms with Gasteiger partial charge >= 0.3 is 6.18 Å². The normalized spacial score (nSPS) is 17.1. The zero-order chi connectivity index (χ0) is 14.8. The van der Waals surface area contributed by atoms with E-state index in [9.17, 15) is 18.0 Å². The van der Waals surface area contributed by atoms with Gasteiger partial charge in [0.25, 0.3) is 0 Å². The van der Waals surface area contributed by atoms with E-state index < -0.39 is 11.7 Å². The van der Waals surface area contributed by atoms with Gasteiger partial charge in [0.1, 0.15) is 0 Å². The maximum atomic E-state index is 12.4. The molecule has 1 fully saturated rings. The molecule has 1 saturated heterocycles. The Morgan fingerprint density at radius 3 is 2.20 bits per heavy atom. The fourth-order valence-corrected chi connectivity index (χ4v) is 2.33. The van der Waals surface area contributed by atoms with Crippen LogP contribution in [0.4, 0.5) is 18.9 Å². The highest BCUT2D eigenvalue weighted by atomic mass is 19.4. The standard InChI is InChI=1S/C14H17F3N2O/c1-10(20)19-8-6-13(7-9-19)18-12-4-2-11(3-5-12)14(15,16)17/h2-5,13,18H,6-9H2,1H3. The summed E-state index contributed by atoms with van der Waals surface area (Å²) in [5.74, 6) is 0.0676. The van der Waals surface area contributed by atoms with Gasteiger partial charge in [-0.15, -0.1) is 0 Å². The number of anilines is 1. The molecule has 1 aromatic carbocycles. The molecule has 1 aliphatic heterocycles. The van der Waals surface area contributed by atoms with Crippen LogP contribution in [0.25, 0.3) is 0 Å². The molecule has 0 unspecified atom stereocenters. The predicted octanol–water partition coefficient (Wildman–Crippen LogP) is 3.13. The quantitative estimate of drug-likeness (QED) is 0.906. The topological polar surface area (TPSA) is 32.3 Å². The van der Waals surface area contributed by atoms with Crippen molar-refractivity contribution in [3.8, 4) is 0 Å². The first-order valence-corrected chi connectivity index (χ1v) is 6.55. The summed E-state index contributed by atoms with van der Waals surface area (Å²) >= 11 is 0. The van der Waals surface area contributed by atoms with Crippen LogP contribution < -0.4 is 5.32 Å². The molecule has 2 rings (SSSR count). The average Bonchev–Trinajstić information content (AvgIpc) is 2.39. The van der Waals surface area contributed by atoms with E-state index in [0.29, 0.717) is 18.8 Å². The summed E-state index contributed by atoms with van der Waals surface area (Å²) in [4.78, 5) is 13.0. The van der Waals surface area contributed by atoms with Crippen LogP contribution in [-0.2, 0) is 11.0 Å². The van der Waals surface area contributed by atoms with Crippen LogP contribution in [0, 0.1) is 0 Å². The van der Waals surface area contributed by atoms with Crippen LogP contribution in [-0.4, -0.2) is 29.9 Å². The third kappa shape index (κ3) is 3.65. The molecular formula is C14H17F3N2O. The molecule has 1 amide bonds. The van der Waals surface area contributed by atoms with Crippen molar-refractivity contribution in [2.24, 2.45) is 0 Å². The molecule has 1 aliphatic rings. The monoisotopic (exact) mass is 286 g/mol. The van der Waals surface area contributed by atoms with Crippen molar-refractivity contribution in [2.75, 3.05) is 18.4 Å². The summed E-state index contributed by atoms with van der Waals surface area (Å²) in [6, 6.07) is 5.24. The number of piperidine rings is 1. The summed E-state index contributed by atoms with van der Waals surface area (Å²) in [6.07, 6.45) is -2.69. The zero-order valence-electron chi connectivity index (χ0n) is 11.2. The van der Waals surface area contributed by atoms with E-state index in [1.165, 1.54) is 12.1 Å². The highest BCUT2D eigenvalue weighted by Crippen LogP contribution is 2.30. The van der Waals surface area contributed by atoms with Crippen molar-refractivity contribution < 1.29 is 18.0 Å². The Kier molecular flexibility index (Phi) is 4.20. The first-order chi connectivity index (χ1) is 9.36. The number of amides is 1. The maximum absolute atomic E-state index is 12.4. The summed E-state index contributed by atoms with van der Waals surface area (Å²) < 4.78 is 37.3. The third-order valence-electron chi connectivity index (χ3n) is 3.52. The van der Waals surface area contributed by atoms with Crippen LogP contribution in [0.1, 0.15) is 25.3 Å². The number of carbonyl (C=O) groups excluding carboxylic acids is 1. The third-order valence-corrected chi connectivity index (χ3v) is 3.52. The predicted molar refractivity (Wildman–Crippen MR) is 70.3 cm³/mol. The maximum Gasteiger partial charge on any atom is 0.416 e. The highest BCUT2D eigenvalue weighted by molar-refractivity contribution is 5.73. The van der Waals surface area contributed by atoms with Gasteiger partial charge in [-0.2, -0.15) is 13.2 Å². The molecule has 110 valence electrons. The first kappa shape index (κ1) is 14.7. The molecule has 3 nitrogen and oxygen atoms in total. The second kappa shape index (κ2) is 5.73. The van der Waals surface area contributed by atoms with Gasteiger partial charge in [-0.05, 0) is 37.1 Å². The van der Waals surface area contributed by atoms with Crippen molar-refractivity contribution in [2.45, 2.75) is 32.0 Å². The van der Waals surface area contributed by atoms with Gasteiger partial charge in [-0.1, -0.05) is 0 Å². The number of benzene rings is 1. The van der Waals surface area contributed by atoms with Gasteiger partial charge in [-0.3, -0.25) is 4.79 Å². The molecule has 0 spiro atoms. The molecule has 6 heteroatoms. The fraction of sp³-hybridized carbons (Fsp3) is 0.500. The summed E-state index contributed by atoms with van der Waals surface area (Å²) in [6.45, 7) is 2.92. The molecular weight excluding hydrogens is 269 g/mol. The van der Waals surface area contributed by atoms with E-state index in [2.05, 4.69) is 5.32 Å². The number of likely N-dealkylation sites (tertiary alicyclic amines) is 1. The van der Waals surface area contributed by atoms with Crippen molar-refractivity contribution >= 4 is 11.6 Å². The second-order valence-electron chi connectivity index (χ2n) is 5.00. The van der Waals surface area contributed by atoms with Gasteiger partial charge in [0.05, 0.1) is 5.56 Å². The number of hydrogen-bond acceptors (Lipinski definition) is 2. The SMILES string of the molecule is CC(=O)N1CCC(Nc2ccc(C(F)(F)F)cc2)CC1. The van der Waals surface area contributed by atoms with E-state index in [0.717, 1.165) is 25.0 Å². The average molecular weight is 286 g/mol. The van der Waals surface area contributed by atoms with E-state index in [1.807, 2.05) is 0 Å². The summed E-state index contributed by atoms with van der Waals surface area (Å²) in [5, 5.41) is 3.21. The number of alkyl halides is 3. The number of nitrogens with one attached hydrogen (secondary N) is 1. The van der Waals surface area contributed by atoms with Crippen molar-refractivity contribution in [1.82, 2.24) is 4.90 Å². The minimum Gasteiger partial charge on any atom is -0.382 e. The molecule has 0 aromatic heterocycles. The van der Waals surface area contributed by atoms with Crippen molar-refractivity contribution in [3.63, 3.8) is 0 Å². The summed E-state index contributed by atoms with van der Waals surface area (Å²) in [5.41, 5.74) is 0.0359. The Balaban J connectivity index is 1.90. The van der Waals surface area contributed by atoms with E-state index >= 15 is 0 Å². The fourth-order valence-electron chi connectivity index (χ4n) is 2.33. The molecule has 1 heterocycles. The Hall–Kier alpha value is -1.72. The number of halogens is 3. The lowest BCUT2D eigenvalue weighted by molar-refractivity contribution is -0.137. The van der Waals surface area contributed by atoms with Crippen LogP contribution in [0.2, 0.25) is 0 Å². The Morgan fingerprint density at radius 2 is 1.75 bits per heavy atom. The van der Waals surface area contributed by atoms with Gasteiger partial charge in [-0.25, -0.2) is 0 Å². The first-order valence-electron chi connectivity index (χ1n) is 6.55. The largest absolute Gasteiger partial charge is 0.416 e. The van der Waals surface area contributed by atoms with Gasteiger partial charge < -0.3 is 10.2 Å². The van der Waals surface area contributed by atoms with Crippen LogP contribution in [0.5, 0.6) is 0 Å². The molecule has 0 radical (unpaired) electrons. The Morgan fingerprint density at radius 1 is 1.20 bits per heavy atom. The second-order valence-corrected chi connectivity index (χ2v) is 5.00.